The summed E-state index contributed by atoms with van der Waals surface area (Å²) in [5.74, 6) is 1.68. The number of hydrogen-bond acceptors (Lipinski definition) is 4. The number of halogens is 1. The number of anilines is 1. The second-order valence-electron chi connectivity index (χ2n) is 5.58. The molecule has 0 spiro atoms. The first kappa shape index (κ1) is 14.3. The van der Waals surface area contributed by atoms with Gasteiger partial charge in [0.25, 0.3) is 0 Å². The molecule has 4 nitrogen and oxygen atoms in total. The van der Waals surface area contributed by atoms with E-state index in [9.17, 15) is 0 Å². The number of aromatic nitrogens is 1. The van der Waals surface area contributed by atoms with Crippen LogP contribution in [0.25, 0.3) is 0 Å². The van der Waals surface area contributed by atoms with E-state index in [2.05, 4.69) is 31.9 Å². The maximum Gasteiger partial charge on any atom is 0.128 e. The van der Waals surface area contributed by atoms with Crippen LogP contribution in [0.15, 0.2) is 22.8 Å². The molecule has 3 heterocycles. The predicted octanol–water partition coefficient (Wildman–Crippen LogP) is 2.87. The van der Waals surface area contributed by atoms with Gasteiger partial charge in [-0.2, -0.15) is 0 Å². The highest BCUT2D eigenvalue weighted by Crippen LogP contribution is 2.22. The summed E-state index contributed by atoms with van der Waals surface area (Å²) in [5, 5.41) is 0. The Morgan fingerprint density at radius 3 is 2.80 bits per heavy atom. The molecule has 2 saturated heterocycles. The molecule has 0 aliphatic carbocycles. The molecule has 0 radical (unpaired) electrons. The van der Waals surface area contributed by atoms with Crippen molar-refractivity contribution in [3.05, 3.63) is 22.8 Å². The summed E-state index contributed by atoms with van der Waals surface area (Å²) >= 11 is 3.42. The third-order valence-corrected chi connectivity index (χ3v) is 4.54. The fourth-order valence-corrected chi connectivity index (χ4v) is 3.03. The van der Waals surface area contributed by atoms with Gasteiger partial charge in [-0.05, 0) is 47.3 Å². The number of nitrogens with zero attached hydrogens (tertiary/aromatic N) is 2. The van der Waals surface area contributed by atoms with Gasteiger partial charge in [-0.3, -0.25) is 0 Å². The zero-order valence-electron chi connectivity index (χ0n) is 11.6. The van der Waals surface area contributed by atoms with E-state index in [4.69, 9.17) is 9.47 Å². The van der Waals surface area contributed by atoms with Crippen molar-refractivity contribution in [2.24, 2.45) is 5.92 Å². The molecule has 3 rings (SSSR count). The van der Waals surface area contributed by atoms with Crippen LogP contribution in [0.5, 0.6) is 0 Å². The molecule has 0 aromatic carbocycles. The van der Waals surface area contributed by atoms with Gasteiger partial charge in [0.05, 0.1) is 19.3 Å². The van der Waals surface area contributed by atoms with Crippen molar-refractivity contribution < 1.29 is 9.47 Å². The molecule has 5 heteroatoms. The standard InChI is InChI=1S/C15H21BrN2O2/c16-13-1-2-15(17-9-13)18-6-3-14(4-7-18)20-11-12-5-8-19-10-12/h1-2,9,12,14H,3-8,10-11H2. The van der Waals surface area contributed by atoms with Crippen LogP contribution in [0, 0.1) is 5.92 Å². The summed E-state index contributed by atoms with van der Waals surface area (Å²) in [6.45, 7) is 4.70. The van der Waals surface area contributed by atoms with Crippen LogP contribution in [0.2, 0.25) is 0 Å². The molecular formula is C15H21BrN2O2. The Morgan fingerprint density at radius 1 is 1.30 bits per heavy atom. The largest absolute Gasteiger partial charge is 0.381 e. The zero-order valence-corrected chi connectivity index (χ0v) is 13.2. The summed E-state index contributed by atoms with van der Waals surface area (Å²) in [7, 11) is 0. The van der Waals surface area contributed by atoms with E-state index in [0.717, 1.165) is 62.5 Å². The van der Waals surface area contributed by atoms with Gasteiger partial charge in [0.15, 0.2) is 0 Å². The van der Waals surface area contributed by atoms with E-state index >= 15 is 0 Å². The third-order valence-electron chi connectivity index (χ3n) is 4.07. The minimum absolute atomic E-state index is 0.405. The van der Waals surface area contributed by atoms with E-state index in [1.807, 2.05) is 12.3 Å². The number of hydrogen-bond donors (Lipinski definition) is 0. The van der Waals surface area contributed by atoms with Gasteiger partial charge in [0.1, 0.15) is 5.82 Å². The van der Waals surface area contributed by atoms with Gasteiger partial charge >= 0.3 is 0 Å². The van der Waals surface area contributed by atoms with Gasteiger partial charge in [0, 0.05) is 36.3 Å². The predicted molar refractivity (Wildman–Crippen MR) is 82.1 cm³/mol. The van der Waals surface area contributed by atoms with Crippen molar-refractivity contribution in [1.29, 1.82) is 0 Å². The minimum Gasteiger partial charge on any atom is -0.381 e. The smallest absolute Gasteiger partial charge is 0.128 e. The first-order valence-corrected chi connectivity index (χ1v) is 8.16. The number of ether oxygens (including phenoxy) is 2. The first-order valence-electron chi connectivity index (χ1n) is 7.37. The SMILES string of the molecule is Brc1ccc(N2CCC(OCC3CCOC3)CC2)nc1. The van der Waals surface area contributed by atoms with Crippen LogP contribution in [0.1, 0.15) is 19.3 Å². The molecule has 2 fully saturated rings. The molecule has 0 bridgehead atoms. The highest BCUT2D eigenvalue weighted by Gasteiger charge is 2.23. The van der Waals surface area contributed by atoms with Crippen molar-refractivity contribution in [3.8, 4) is 0 Å². The number of rotatable bonds is 4. The Balaban J connectivity index is 1.43. The van der Waals surface area contributed by atoms with Crippen LogP contribution in [0.4, 0.5) is 5.82 Å². The molecule has 1 aromatic heterocycles. The number of piperidine rings is 1. The first-order chi connectivity index (χ1) is 9.81. The molecular weight excluding hydrogens is 320 g/mol. The molecule has 0 saturated carbocycles. The van der Waals surface area contributed by atoms with E-state index < -0.39 is 0 Å². The van der Waals surface area contributed by atoms with Crippen LogP contribution in [0.3, 0.4) is 0 Å². The van der Waals surface area contributed by atoms with Crippen molar-refractivity contribution >= 4 is 21.7 Å². The highest BCUT2D eigenvalue weighted by molar-refractivity contribution is 9.10. The summed E-state index contributed by atoms with van der Waals surface area (Å²) < 4.78 is 12.4. The molecule has 0 amide bonds. The lowest BCUT2D eigenvalue weighted by Crippen LogP contribution is -2.38. The van der Waals surface area contributed by atoms with E-state index in [1.54, 1.807) is 0 Å². The van der Waals surface area contributed by atoms with Crippen LogP contribution in [-0.4, -0.2) is 44.0 Å². The molecule has 0 N–H and O–H groups in total. The summed E-state index contributed by atoms with van der Waals surface area (Å²) in [5.41, 5.74) is 0. The lowest BCUT2D eigenvalue weighted by molar-refractivity contribution is 0.0131. The van der Waals surface area contributed by atoms with Gasteiger partial charge in [-0.25, -0.2) is 4.98 Å². The van der Waals surface area contributed by atoms with Gasteiger partial charge in [-0.1, -0.05) is 0 Å². The van der Waals surface area contributed by atoms with Crippen molar-refractivity contribution in [1.82, 2.24) is 4.98 Å². The Hall–Kier alpha value is -0.650. The fraction of sp³-hybridized carbons (Fsp3) is 0.667. The second-order valence-corrected chi connectivity index (χ2v) is 6.50. The monoisotopic (exact) mass is 340 g/mol. The van der Waals surface area contributed by atoms with Crippen LogP contribution in [-0.2, 0) is 9.47 Å². The average Bonchev–Trinajstić information content (AvgIpc) is 3.00. The van der Waals surface area contributed by atoms with Crippen molar-refractivity contribution in [2.45, 2.75) is 25.4 Å². The van der Waals surface area contributed by atoms with Gasteiger partial charge in [0.2, 0.25) is 0 Å². The topological polar surface area (TPSA) is 34.6 Å². The van der Waals surface area contributed by atoms with E-state index in [1.165, 1.54) is 0 Å². The average molecular weight is 341 g/mol. The molecule has 1 atom stereocenters. The zero-order chi connectivity index (χ0) is 13.8. The van der Waals surface area contributed by atoms with Crippen LogP contribution >= 0.6 is 15.9 Å². The Morgan fingerprint density at radius 2 is 2.15 bits per heavy atom. The van der Waals surface area contributed by atoms with E-state index in [-0.39, 0.29) is 0 Å². The quantitative estimate of drug-likeness (QED) is 0.844. The molecule has 20 heavy (non-hydrogen) atoms. The maximum atomic E-state index is 6.04. The minimum atomic E-state index is 0.405. The van der Waals surface area contributed by atoms with Crippen molar-refractivity contribution in [3.63, 3.8) is 0 Å². The molecule has 110 valence electrons. The van der Waals surface area contributed by atoms with E-state index in [0.29, 0.717) is 12.0 Å². The van der Waals surface area contributed by atoms with Gasteiger partial charge < -0.3 is 14.4 Å². The fourth-order valence-electron chi connectivity index (χ4n) is 2.79. The normalized spacial score (nSPS) is 24.2. The second kappa shape index (κ2) is 6.87. The van der Waals surface area contributed by atoms with Crippen LogP contribution < -0.4 is 4.90 Å². The van der Waals surface area contributed by atoms with Crippen molar-refractivity contribution in [2.75, 3.05) is 37.8 Å². The molecule has 1 aromatic rings. The molecule has 2 aliphatic heterocycles. The summed E-state index contributed by atoms with van der Waals surface area (Å²) in [6, 6.07) is 4.12. The Kier molecular flexibility index (Phi) is 4.91. The molecule has 1 unspecified atom stereocenters. The highest BCUT2D eigenvalue weighted by atomic mass is 79.9. The lowest BCUT2D eigenvalue weighted by Gasteiger charge is -2.33. The Bertz CT molecular complexity index is 412. The number of pyridine rings is 1. The maximum absolute atomic E-state index is 6.04. The molecule has 2 aliphatic rings. The Labute approximate surface area is 128 Å². The summed E-state index contributed by atoms with van der Waals surface area (Å²) in [6.07, 6.45) is 5.60. The third kappa shape index (κ3) is 3.71. The lowest BCUT2D eigenvalue weighted by atomic mass is 10.1. The van der Waals surface area contributed by atoms with Gasteiger partial charge in [-0.15, -0.1) is 0 Å². The summed E-state index contributed by atoms with van der Waals surface area (Å²) in [4.78, 5) is 6.80.